The van der Waals surface area contributed by atoms with Crippen LogP contribution in [0.4, 0.5) is 11.4 Å². The molecule has 2 heterocycles. The monoisotopic (exact) mass is 460 g/mol. The van der Waals surface area contributed by atoms with Crippen LogP contribution in [0.25, 0.3) is 21.1 Å². The second kappa shape index (κ2) is 8.15. The van der Waals surface area contributed by atoms with Crippen LogP contribution >= 0.6 is 22.9 Å². The Bertz CT molecular complexity index is 1500. The molecular weight excluding hydrogens is 444 g/mol. The van der Waals surface area contributed by atoms with Crippen molar-refractivity contribution in [3.05, 3.63) is 94.0 Å². The molecule has 0 unspecified atom stereocenters. The van der Waals surface area contributed by atoms with Crippen LogP contribution in [-0.4, -0.2) is 11.8 Å². The molecule has 158 valence electrons. The molecule has 2 N–H and O–H groups in total. The van der Waals surface area contributed by atoms with Gasteiger partial charge in [-0.2, -0.15) is 0 Å². The van der Waals surface area contributed by atoms with Crippen molar-refractivity contribution in [2.45, 2.75) is 6.92 Å². The van der Waals surface area contributed by atoms with Gasteiger partial charge < -0.3 is 15.1 Å². The van der Waals surface area contributed by atoms with Crippen molar-refractivity contribution in [1.82, 2.24) is 0 Å². The quantitative estimate of drug-likeness (QED) is 0.300. The van der Waals surface area contributed by atoms with E-state index in [4.69, 9.17) is 16.0 Å². The molecule has 5 nitrogen and oxygen atoms in total. The summed E-state index contributed by atoms with van der Waals surface area (Å²) in [6, 6.07) is 22.2. The van der Waals surface area contributed by atoms with Gasteiger partial charge in [0.1, 0.15) is 16.1 Å². The van der Waals surface area contributed by atoms with Gasteiger partial charge in [0.25, 0.3) is 11.8 Å². The Balaban J connectivity index is 1.53. The standard InChI is InChI=1S/C25H17ClN2O3S/c1-14-7-6-8-15(13-14)27-24(29)22-21(16-9-2-4-11-18(16)31-22)28-25(30)23-20(26)17-10-3-5-12-19(17)32-23/h2-13H,1H3,(H,27,29)(H,28,30). The zero-order valence-corrected chi connectivity index (χ0v) is 18.5. The lowest BCUT2D eigenvalue weighted by Gasteiger charge is -2.07. The highest BCUT2D eigenvalue weighted by molar-refractivity contribution is 7.21. The molecule has 3 aromatic carbocycles. The number of furan rings is 1. The Morgan fingerprint density at radius 2 is 1.62 bits per heavy atom. The third-order valence-electron chi connectivity index (χ3n) is 5.06. The van der Waals surface area contributed by atoms with Crippen LogP contribution in [0.2, 0.25) is 5.02 Å². The van der Waals surface area contributed by atoms with Crippen LogP contribution < -0.4 is 10.6 Å². The number of carbonyl (C=O) groups excluding carboxylic acids is 2. The van der Waals surface area contributed by atoms with Gasteiger partial charge >= 0.3 is 0 Å². The molecule has 2 amide bonds. The van der Waals surface area contributed by atoms with Crippen LogP contribution in [0.5, 0.6) is 0 Å². The fraction of sp³-hybridized carbons (Fsp3) is 0.0400. The summed E-state index contributed by atoms with van der Waals surface area (Å²) in [5.41, 5.74) is 2.46. The van der Waals surface area contributed by atoms with Crippen LogP contribution in [0.1, 0.15) is 25.8 Å². The van der Waals surface area contributed by atoms with Crippen molar-refractivity contribution in [1.29, 1.82) is 0 Å². The SMILES string of the molecule is Cc1cccc(NC(=O)c2oc3ccccc3c2NC(=O)c2sc3ccccc3c2Cl)c1. The number of benzene rings is 3. The van der Waals surface area contributed by atoms with Crippen molar-refractivity contribution >= 4 is 67.2 Å². The molecule has 0 saturated carbocycles. The Morgan fingerprint density at radius 3 is 2.41 bits per heavy atom. The lowest BCUT2D eigenvalue weighted by atomic mass is 10.2. The third kappa shape index (κ3) is 3.64. The molecule has 0 aliphatic heterocycles. The van der Waals surface area contributed by atoms with Gasteiger partial charge in [-0.3, -0.25) is 9.59 Å². The molecule has 5 aromatic rings. The first-order valence-electron chi connectivity index (χ1n) is 9.89. The molecule has 32 heavy (non-hydrogen) atoms. The summed E-state index contributed by atoms with van der Waals surface area (Å²) in [4.78, 5) is 26.6. The summed E-state index contributed by atoms with van der Waals surface area (Å²) in [6.07, 6.45) is 0. The zero-order chi connectivity index (χ0) is 22.2. The molecule has 0 bridgehead atoms. The van der Waals surface area contributed by atoms with Crippen molar-refractivity contribution in [2.75, 3.05) is 10.6 Å². The van der Waals surface area contributed by atoms with E-state index in [0.29, 0.717) is 32.2 Å². The van der Waals surface area contributed by atoms with E-state index in [-0.39, 0.29) is 5.76 Å². The number of para-hydroxylation sites is 1. The Kier molecular flexibility index (Phi) is 5.17. The minimum absolute atomic E-state index is 0.0262. The molecule has 0 aliphatic carbocycles. The van der Waals surface area contributed by atoms with Gasteiger partial charge in [0.2, 0.25) is 5.76 Å². The summed E-state index contributed by atoms with van der Waals surface area (Å²) >= 11 is 7.78. The molecule has 5 rings (SSSR count). The second-order valence-corrected chi connectivity index (χ2v) is 8.75. The van der Waals surface area contributed by atoms with E-state index in [1.807, 2.05) is 61.5 Å². The van der Waals surface area contributed by atoms with Crippen molar-refractivity contribution in [3.63, 3.8) is 0 Å². The number of aryl methyl sites for hydroxylation is 1. The number of carbonyl (C=O) groups is 2. The lowest BCUT2D eigenvalue weighted by molar-refractivity contribution is 0.1000. The molecule has 0 spiro atoms. The van der Waals surface area contributed by atoms with Crippen molar-refractivity contribution < 1.29 is 14.0 Å². The number of thiophene rings is 1. The number of hydrogen-bond acceptors (Lipinski definition) is 4. The summed E-state index contributed by atoms with van der Waals surface area (Å²) in [7, 11) is 0. The van der Waals surface area contributed by atoms with Gasteiger partial charge in [-0.05, 0) is 42.8 Å². The normalized spacial score (nSPS) is 11.1. The van der Waals surface area contributed by atoms with Gasteiger partial charge in [0.05, 0.1) is 5.02 Å². The van der Waals surface area contributed by atoms with E-state index in [1.165, 1.54) is 11.3 Å². The minimum atomic E-state index is -0.454. The minimum Gasteiger partial charge on any atom is -0.449 e. The molecule has 2 aromatic heterocycles. The maximum absolute atomic E-state index is 13.2. The predicted molar refractivity (Wildman–Crippen MR) is 130 cm³/mol. The Morgan fingerprint density at radius 1 is 0.875 bits per heavy atom. The topological polar surface area (TPSA) is 71.3 Å². The number of hydrogen-bond donors (Lipinski definition) is 2. The maximum Gasteiger partial charge on any atom is 0.293 e. The van der Waals surface area contributed by atoms with E-state index >= 15 is 0 Å². The molecule has 0 atom stereocenters. The van der Waals surface area contributed by atoms with Crippen LogP contribution in [0.15, 0.2) is 77.2 Å². The first kappa shape index (κ1) is 20.3. The highest BCUT2D eigenvalue weighted by Crippen LogP contribution is 2.37. The summed E-state index contributed by atoms with van der Waals surface area (Å²) in [5.74, 6) is -0.824. The van der Waals surface area contributed by atoms with E-state index in [2.05, 4.69) is 10.6 Å². The van der Waals surface area contributed by atoms with Gasteiger partial charge in [0.15, 0.2) is 0 Å². The summed E-state index contributed by atoms with van der Waals surface area (Å²) < 4.78 is 6.75. The van der Waals surface area contributed by atoms with Crippen molar-refractivity contribution in [2.24, 2.45) is 0 Å². The zero-order valence-electron chi connectivity index (χ0n) is 16.9. The largest absolute Gasteiger partial charge is 0.449 e. The third-order valence-corrected chi connectivity index (χ3v) is 6.73. The van der Waals surface area contributed by atoms with E-state index in [9.17, 15) is 9.59 Å². The first-order chi connectivity index (χ1) is 15.5. The number of anilines is 2. The number of fused-ring (bicyclic) bond motifs is 2. The van der Waals surface area contributed by atoms with E-state index in [0.717, 1.165) is 15.6 Å². The van der Waals surface area contributed by atoms with Crippen LogP contribution in [0, 0.1) is 6.92 Å². The number of nitrogens with one attached hydrogen (secondary N) is 2. The molecule has 7 heteroatoms. The highest BCUT2D eigenvalue weighted by atomic mass is 35.5. The number of rotatable bonds is 4. The van der Waals surface area contributed by atoms with Crippen molar-refractivity contribution in [3.8, 4) is 0 Å². The summed E-state index contributed by atoms with van der Waals surface area (Å²) in [6.45, 7) is 1.94. The molecule has 0 fully saturated rings. The Labute approximate surface area is 192 Å². The fourth-order valence-corrected chi connectivity index (χ4v) is 4.98. The molecule has 0 saturated heterocycles. The second-order valence-electron chi connectivity index (χ2n) is 7.32. The summed E-state index contributed by atoms with van der Waals surface area (Å²) in [5, 5.41) is 7.54. The maximum atomic E-state index is 13.2. The van der Waals surface area contributed by atoms with Gasteiger partial charge in [0, 0.05) is 21.2 Å². The van der Waals surface area contributed by atoms with Gasteiger partial charge in [-0.15, -0.1) is 11.3 Å². The number of halogens is 1. The van der Waals surface area contributed by atoms with Gasteiger partial charge in [-0.25, -0.2) is 0 Å². The Hall–Kier alpha value is -3.61. The highest BCUT2D eigenvalue weighted by Gasteiger charge is 2.25. The van der Waals surface area contributed by atoms with Gasteiger partial charge in [-0.1, -0.05) is 54.1 Å². The fourth-order valence-electron chi connectivity index (χ4n) is 3.57. The van der Waals surface area contributed by atoms with E-state index in [1.54, 1.807) is 18.2 Å². The molecular formula is C25H17ClN2O3S. The number of amides is 2. The molecule has 0 radical (unpaired) electrons. The average molecular weight is 461 g/mol. The average Bonchev–Trinajstić information content (AvgIpc) is 3.32. The van der Waals surface area contributed by atoms with Crippen LogP contribution in [-0.2, 0) is 0 Å². The lowest BCUT2D eigenvalue weighted by Crippen LogP contribution is -2.16. The first-order valence-corrected chi connectivity index (χ1v) is 11.1. The predicted octanol–water partition coefficient (Wildman–Crippen LogP) is 7.11. The molecule has 0 aliphatic rings. The van der Waals surface area contributed by atoms with E-state index < -0.39 is 11.8 Å². The smallest absolute Gasteiger partial charge is 0.293 e. The van der Waals surface area contributed by atoms with Crippen LogP contribution in [0.3, 0.4) is 0 Å².